The molecule has 0 N–H and O–H groups in total. The Labute approximate surface area is 385 Å². The molecule has 0 aromatic carbocycles. The van der Waals surface area contributed by atoms with Crippen LogP contribution in [0.4, 0.5) is 10.0 Å². The molecule has 0 bridgehead atoms. The van der Waals surface area contributed by atoms with Gasteiger partial charge in [0.25, 0.3) is 0 Å². The summed E-state index contributed by atoms with van der Waals surface area (Å²) in [6.07, 6.45) is 35.7. The lowest BCUT2D eigenvalue weighted by atomic mass is 9.63. The predicted molar refractivity (Wildman–Crippen MR) is 255 cm³/mol. The molecule has 2 spiro atoms. The quantitative estimate of drug-likeness (QED) is 0.300. The van der Waals surface area contributed by atoms with Crippen molar-refractivity contribution in [3.8, 4) is 0 Å². The Balaban J connectivity index is 0.808. The molecular weight excluding hydrogens is 829 g/mol. The molecule has 0 aliphatic heterocycles. The Kier molecular flexibility index (Phi) is 8.92. The number of Topliss-reactive ketones (excluding diaryl/α,β-unsaturated/α-hetero) is 4. The van der Waals surface area contributed by atoms with Crippen LogP contribution in [0.2, 0.25) is 0 Å². The smallest absolute Gasteiger partial charge is 0.188 e. The number of rotatable bonds is 2. The minimum Gasteiger partial charge on any atom is -0.292 e. The van der Waals surface area contributed by atoms with Crippen molar-refractivity contribution in [1.82, 2.24) is 0 Å². The monoisotopic (exact) mass is 888 g/mol. The van der Waals surface area contributed by atoms with Crippen LogP contribution < -0.4 is 0 Å². The maximum atomic E-state index is 14.0. The Morgan fingerprint density at radius 2 is 0.781 bits per heavy atom. The van der Waals surface area contributed by atoms with Crippen LogP contribution in [0.15, 0.2) is 57.6 Å². The van der Waals surface area contributed by atoms with Gasteiger partial charge >= 0.3 is 0 Å². The summed E-state index contributed by atoms with van der Waals surface area (Å²) in [6.45, 7) is 0. The molecule has 0 radical (unpaired) electrons. The number of hydrogen-bond donors (Lipinski definition) is 0. The van der Waals surface area contributed by atoms with E-state index in [1.54, 1.807) is 22.7 Å². The molecule has 2 aromatic heterocycles. The SMILES string of the molecule is O=C1C(=Nc2cc3c(s2)C2=CC4C=C5C(=CC4C=C2C32CCCCC2)c2sc(N=C3C(=O)C4CC6CCCCC6CC4C3=O)cc2C52CCCCC2)C(=O)C2CC3CCCCC3CC12. The number of fused-ring (bicyclic) bond motifs is 15. The van der Waals surface area contributed by atoms with E-state index >= 15 is 0 Å². The highest BCUT2D eigenvalue weighted by Crippen LogP contribution is 2.66. The summed E-state index contributed by atoms with van der Waals surface area (Å²) in [7, 11) is 0. The number of carbonyl (C=O) groups is 4. The van der Waals surface area contributed by atoms with Gasteiger partial charge in [0.15, 0.2) is 34.6 Å². The second-order valence-electron chi connectivity index (χ2n) is 22.8. The van der Waals surface area contributed by atoms with Crippen molar-refractivity contribution in [1.29, 1.82) is 0 Å². The van der Waals surface area contributed by atoms with Crippen LogP contribution in [0, 0.1) is 59.2 Å². The van der Waals surface area contributed by atoms with E-state index in [1.165, 1.54) is 133 Å². The summed E-state index contributed by atoms with van der Waals surface area (Å²) in [6, 6.07) is 4.57. The topological polar surface area (TPSA) is 93.0 Å². The molecule has 12 aliphatic rings. The third-order valence-corrected chi connectivity index (χ3v) is 22.0. The maximum Gasteiger partial charge on any atom is 0.188 e. The predicted octanol–water partition coefficient (Wildman–Crippen LogP) is 12.9. The van der Waals surface area contributed by atoms with Gasteiger partial charge in [0, 0.05) is 56.1 Å². The zero-order valence-electron chi connectivity index (χ0n) is 37.1. The van der Waals surface area contributed by atoms with Crippen molar-refractivity contribution >= 4 is 78.4 Å². The van der Waals surface area contributed by atoms with E-state index in [0.717, 1.165) is 61.4 Å². The molecule has 0 amide bonds. The standard InChI is InChI=1S/C56H60N2O4S2/c59-49-35-19-29-11-3-4-12-30(29)20-36(35)50(60)47(49)57-45-27-43-53(63-45)39-23-34-26-42-40(24-33(34)25-41(39)55(43)15-7-1-8-16-55)54-44(56(42)17-9-2-10-18-56)28-46(64-54)58-48-51(61)37-21-31-13-5-6-14-32(31)22-38(37)52(48)62/h23-38H,1-22H2. The first kappa shape index (κ1) is 39.5. The van der Waals surface area contributed by atoms with Crippen LogP contribution >= 0.6 is 22.7 Å². The minimum atomic E-state index is -0.158. The van der Waals surface area contributed by atoms with Gasteiger partial charge < -0.3 is 0 Å². The van der Waals surface area contributed by atoms with Crippen molar-refractivity contribution < 1.29 is 19.2 Å². The molecule has 8 fully saturated rings. The first-order chi connectivity index (χ1) is 31.3. The van der Waals surface area contributed by atoms with Crippen molar-refractivity contribution in [2.45, 2.75) is 152 Å². The summed E-state index contributed by atoms with van der Waals surface area (Å²) in [5.74, 6) is 2.35. The van der Waals surface area contributed by atoms with E-state index in [9.17, 15) is 19.2 Å². The summed E-state index contributed by atoms with van der Waals surface area (Å²) in [5.41, 5.74) is 8.89. The second-order valence-corrected chi connectivity index (χ2v) is 24.8. The molecule has 2 aromatic rings. The van der Waals surface area contributed by atoms with E-state index < -0.39 is 0 Å². The van der Waals surface area contributed by atoms with Gasteiger partial charge in [-0.25, -0.2) is 9.98 Å². The highest BCUT2D eigenvalue weighted by molar-refractivity contribution is 7.17. The highest BCUT2D eigenvalue weighted by atomic mass is 32.1. The largest absolute Gasteiger partial charge is 0.292 e. The Morgan fingerprint density at radius 1 is 0.438 bits per heavy atom. The van der Waals surface area contributed by atoms with Crippen molar-refractivity contribution in [2.24, 2.45) is 69.2 Å². The number of ketones is 4. The summed E-state index contributed by atoms with van der Waals surface area (Å²) in [4.78, 5) is 68.6. The van der Waals surface area contributed by atoms with Crippen LogP contribution in [0.1, 0.15) is 162 Å². The molecule has 10 unspecified atom stereocenters. The number of allylic oxidation sites excluding steroid dienone is 8. The van der Waals surface area contributed by atoms with Gasteiger partial charge in [-0.3, -0.25) is 19.2 Å². The number of carbonyl (C=O) groups excluding carboxylic acids is 4. The van der Waals surface area contributed by atoms with E-state index in [-0.39, 0.29) is 80.9 Å². The van der Waals surface area contributed by atoms with E-state index in [2.05, 4.69) is 36.4 Å². The number of thiophene rings is 2. The van der Waals surface area contributed by atoms with Crippen molar-refractivity contribution in [3.05, 3.63) is 68.5 Å². The fraction of sp³-hybridized carbons (Fsp3) is 0.607. The second kappa shape index (κ2) is 14.4. The molecule has 330 valence electrons. The fourth-order valence-electron chi connectivity index (χ4n) is 16.9. The van der Waals surface area contributed by atoms with Gasteiger partial charge in [0.2, 0.25) is 0 Å². The van der Waals surface area contributed by atoms with Crippen LogP contribution in [-0.2, 0) is 30.0 Å². The van der Waals surface area contributed by atoms with Gasteiger partial charge in [-0.05, 0) is 121 Å². The van der Waals surface area contributed by atoms with Gasteiger partial charge in [0.1, 0.15) is 10.0 Å². The molecule has 2 heterocycles. The van der Waals surface area contributed by atoms with Crippen LogP contribution in [0.3, 0.4) is 0 Å². The molecule has 8 saturated carbocycles. The molecule has 0 saturated heterocycles. The molecule has 6 nitrogen and oxygen atoms in total. The minimum absolute atomic E-state index is 0.0217. The lowest BCUT2D eigenvalue weighted by molar-refractivity contribution is -0.123. The average Bonchev–Trinajstić information content (AvgIpc) is 4.14. The zero-order chi connectivity index (χ0) is 42.6. The third kappa shape index (κ3) is 5.53. The Hall–Kier alpha value is -3.62. The normalized spacial score (nSPS) is 37.3. The molecule has 64 heavy (non-hydrogen) atoms. The Bertz CT molecular complexity index is 2400. The fourth-order valence-corrected chi connectivity index (χ4v) is 19.2. The summed E-state index contributed by atoms with van der Waals surface area (Å²) in [5, 5.41) is 1.68. The van der Waals surface area contributed by atoms with Crippen molar-refractivity contribution in [2.75, 3.05) is 0 Å². The molecule has 12 aliphatic carbocycles. The van der Waals surface area contributed by atoms with Crippen LogP contribution in [0.25, 0.3) is 11.1 Å². The van der Waals surface area contributed by atoms with E-state index in [1.807, 2.05) is 0 Å². The van der Waals surface area contributed by atoms with Crippen LogP contribution in [0.5, 0.6) is 0 Å². The Morgan fingerprint density at radius 3 is 1.12 bits per heavy atom. The van der Waals surface area contributed by atoms with E-state index in [4.69, 9.17) is 9.98 Å². The molecule has 8 heteroatoms. The summed E-state index contributed by atoms with van der Waals surface area (Å²) >= 11 is 3.44. The average molecular weight is 889 g/mol. The lowest BCUT2D eigenvalue weighted by Gasteiger charge is -2.40. The number of aliphatic imine (C=N–C) groups is 2. The van der Waals surface area contributed by atoms with Gasteiger partial charge in [-0.1, -0.05) is 114 Å². The lowest BCUT2D eigenvalue weighted by Crippen LogP contribution is -2.35. The van der Waals surface area contributed by atoms with Gasteiger partial charge in [-0.15, -0.1) is 22.7 Å². The van der Waals surface area contributed by atoms with Gasteiger partial charge in [-0.2, -0.15) is 0 Å². The summed E-state index contributed by atoms with van der Waals surface area (Å²) < 4.78 is 0. The molecular formula is C56H60N2O4S2. The third-order valence-electron chi connectivity index (χ3n) is 19.9. The first-order valence-electron chi connectivity index (χ1n) is 25.8. The molecule has 14 rings (SSSR count). The number of nitrogens with zero attached hydrogens (tertiary/aromatic N) is 2. The highest BCUT2D eigenvalue weighted by Gasteiger charge is 2.56. The molecule has 10 atom stereocenters. The van der Waals surface area contributed by atoms with E-state index in [0.29, 0.717) is 23.7 Å². The zero-order valence-corrected chi connectivity index (χ0v) is 38.8. The van der Waals surface area contributed by atoms with Gasteiger partial charge in [0.05, 0.1) is 0 Å². The van der Waals surface area contributed by atoms with Crippen molar-refractivity contribution in [3.63, 3.8) is 0 Å². The number of hydrogen-bond acceptors (Lipinski definition) is 8. The maximum absolute atomic E-state index is 14.0. The first-order valence-corrected chi connectivity index (χ1v) is 27.4. The van der Waals surface area contributed by atoms with Crippen LogP contribution in [-0.4, -0.2) is 34.6 Å².